The topological polar surface area (TPSA) is 74.7 Å². The molecular formula is C12H16ClNO4S. The molecule has 0 unspecified atom stereocenters. The van der Waals surface area contributed by atoms with Crippen LogP contribution in [-0.2, 0) is 14.8 Å². The fraction of sp³-hybridized carbons (Fsp3) is 0.417. The highest BCUT2D eigenvalue weighted by Crippen LogP contribution is 2.20. The molecule has 0 spiro atoms. The molecule has 5 nitrogen and oxygen atoms in total. The average Bonchev–Trinajstić information content (AvgIpc) is 2.28. The molecule has 0 fully saturated rings. The summed E-state index contributed by atoms with van der Waals surface area (Å²) in [5.41, 5.74) is 0. The molecule has 0 radical (unpaired) electrons. The number of carbonyl (C=O) groups is 1. The maximum Gasteiger partial charge on any atom is 0.304 e. The zero-order valence-corrected chi connectivity index (χ0v) is 12.3. The number of hydrogen-bond donors (Lipinski definition) is 1. The molecule has 0 aliphatic carbocycles. The summed E-state index contributed by atoms with van der Waals surface area (Å²) in [7, 11) is -3.70. The van der Waals surface area contributed by atoms with Crippen molar-refractivity contribution < 1.29 is 18.3 Å². The number of aliphatic carboxylic acids is 1. The van der Waals surface area contributed by atoms with Gasteiger partial charge in [0, 0.05) is 17.6 Å². The molecular weight excluding hydrogens is 290 g/mol. The molecule has 0 bridgehead atoms. The third kappa shape index (κ3) is 4.19. The smallest absolute Gasteiger partial charge is 0.304 e. The first kappa shape index (κ1) is 15.9. The number of carboxylic acids is 1. The Kier molecular flexibility index (Phi) is 5.34. The molecule has 0 aromatic heterocycles. The first-order valence-corrected chi connectivity index (χ1v) is 7.56. The van der Waals surface area contributed by atoms with Gasteiger partial charge in [0.25, 0.3) is 0 Å². The van der Waals surface area contributed by atoms with Crippen molar-refractivity contribution in [2.75, 3.05) is 6.54 Å². The van der Waals surface area contributed by atoms with Crippen LogP contribution in [0, 0.1) is 0 Å². The Bertz CT molecular complexity index is 539. The standard InChI is InChI=1S/C12H16ClNO4S/c1-9(2)14(8-7-12(15)16)19(17,18)11-5-3-10(13)4-6-11/h3-6,9H,7-8H2,1-2H3,(H,15,16). The second-order valence-corrected chi connectivity index (χ2v) is 6.63. The third-order valence-corrected chi connectivity index (χ3v) is 4.88. The number of hydrogen-bond acceptors (Lipinski definition) is 3. The number of benzene rings is 1. The second kappa shape index (κ2) is 6.36. The van der Waals surface area contributed by atoms with E-state index in [1.165, 1.54) is 28.6 Å². The molecule has 1 rings (SSSR count). The second-order valence-electron chi connectivity index (χ2n) is 4.31. The Morgan fingerprint density at radius 1 is 1.32 bits per heavy atom. The van der Waals surface area contributed by atoms with Crippen molar-refractivity contribution in [2.24, 2.45) is 0 Å². The molecule has 0 aliphatic heterocycles. The maximum absolute atomic E-state index is 12.4. The summed E-state index contributed by atoms with van der Waals surface area (Å²) in [5.74, 6) is -1.03. The zero-order valence-electron chi connectivity index (χ0n) is 10.7. The molecule has 0 heterocycles. The van der Waals surface area contributed by atoms with Crippen LogP contribution >= 0.6 is 11.6 Å². The summed E-state index contributed by atoms with van der Waals surface area (Å²) in [6.07, 6.45) is -0.231. The largest absolute Gasteiger partial charge is 0.481 e. The maximum atomic E-state index is 12.4. The van der Waals surface area contributed by atoms with Gasteiger partial charge in [-0.1, -0.05) is 11.6 Å². The molecule has 0 amide bonds. The SMILES string of the molecule is CC(C)N(CCC(=O)O)S(=O)(=O)c1ccc(Cl)cc1. The first-order valence-electron chi connectivity index (χ1n) is 5.74. The Hall–Kier alpha value is -1.11. The van der Waals surface area contributed by atoms with Crippen molar-refractivity contribution >= 4 is 27.6 Å². The third-order valence-electron chi connectivity index (χ3n) is 2.54. The number of sulfonamides is 1. The van der Waals surface area contributed by atoms with E-state index in [1.54, 1.807) is 13.8 Å². The van der Waals surface area contributed by atoms with Gasteiger partial charge in [0.1, 0.15) is 0 Å². The van der Waals surface area contributed by atoms with E-state index in [0.717, 1.165) is 0 Å². The molecule has 19 heavy (non-hydrogen) atoms. The van der Waals surface area contributed by atoms with E-state index in [0.29, 0.717) is 5.02 Å². The lowest BCUT2D eigenvalue weighted by atomic mass is 10.3. The molecule has 1 aromatic carbocycles. The first-order chi connectivity index (χ1) is 8.75. The van der Waals surface area contributed by atoms with Crippen molar-refractivity contribution in [1.29, 1.82) is 0 Å². The van der Waals surface area contributed by atoms with E-state index in [1.807, 2.05) is 0 Å². The van der Waals surface area contributed by atoms with Crippen LogP contribution in [0.5, 0.6) is 0 Å². The fourth-order valence-electron chi connectivity index (χ4n) is 1.60. The summed E-state index contributed by atoms with van der Waals surface area (Å²) in [6, 6.07) is 5.48. The van der Waals surface area contributed by atoms with Crippen LogP contribution in [0.15, 0.2) is 29.2 Å². The predicted molar refractivity (Wildman–Crippen MR) is 72.7 cm³/mol. The van der Waals surface area contributed by atoms with Crippen LogP contribution in [-0.4, -0.2) is 36.4 Å². The predicted octanol–water partition coefficient (Wildman–Crippen LogP) is 2.21. The van der Waals surface area contributed by atoms with Crippen molar-refractivity contribution in [2.45, 2.75) is 31.2 Å². The monoisotopic (exact) mass is 305 g/mol. The van der Waals surface area contributed by atoms with Gasteiger partial charge in [-0.25, -0.2) is 8.42 Å². The summed E-state index contributed by atoms with van der Waals surface area (Å²) >= 11 is 5.72. The van der Waals surface area contributed by atoms with E-state index in [2.05, 4.69) is 0 Å². The molecule has 1 N–H and O–H groups in total. The molecule has 1 aromatic rings. The van der Waals surface area contributed by atoms with E-state index < -0.39 is 16.0 Å². The highest BCUT2D eigenvalue weighted by atomic mass is 35.5. The summed E-state index contributed by atoms with van der Waals surface area (Å²) in [6.45, 7) is 3.35. The number of rotatable bonds is 6. The van der Waals surface area contributed by atoms with Gasteiger partial charge in [-0.05, 0) is 38.1 Å². The molecule has 0 saturated heterocycles. The van der Waals surface area contributed by atoms with Crippen molar-refractivity contribution in [3.05, 3.63) is 29.3 Å². The summed E-state index contributed by atoms with van der Waals surface area (Å²) in [4.78, 5) is 10.7. The van der Waals surface area contributed by atoms with Gasteiger partial charge in [0.15, 0.2) is 0 Å². The van der Waals surface area contributed by atoms with E-state index >= 15 is 0 Å². The van der Waals surface area contributed by atoms with Crippen molar-refractivity contribution in [3.63, 3.8) is 0 Å². The fourth-order valence-corrected chi connectivity index (χ4v) is 3.37. The van der Waals surface area contributed by atoms with Gasteiger partial charge >= 0.3 is 5.97 Å². The summed E-state index contributed by atoms with van der Waals surface area (Å²) in [5, 5.41) is 9.12. The lowest BCUT2D eigenvalue weighted by Gasteiger charge is -2.25. The Balaban J connectivity index is 3.05. The normalized spacial score (nSPS) is 12.1. The van der Waals surface area contributed by atoms with Gasteiger partial charge in [-0.3, -0.25) is 4.79 Å². The van der Waals surface area contributed by atoms with Crippen LogP contribution < -0.4 is 0 Å². The molecule has 0 atom stereocenters. The molecule has 0 aliphatic rings. The van der Waals surface area contributed by atoms with Crippen molar-refractivity contribution in [3.8, 4) is 0 Å². The van der Waals surface area contributed by atoms with Crippen LogP contribution in [0.2, 0.25) is 5.02 Å². The minimum Gasteiger partial charge on any atom is -0.481 e. The average molecular weight is 306 g/mol. The Morgan fingerprint density at radius 2 is 1.84 bits per heavy atom. The van der Waals surface area contributed by atoms with Gasteiger partial charge in [0.05, 0.1) is 11.3 Å². The highest BCUT2D eigenvalue weighted by molar-refractivity contribution is 7.89. The van der Waals surface area contributed by atoms with Gasteiger partial charge in [-0.2, -0.15) is 4.31 Å². The van der Waals surface area contributed by atoms with Crippen LogP contribution in [0.1, 0.15) is 20.3 Å². The van der Waals surface area contributed by atoms with Crippen LogP contribution in [0.4, 0.5) is 0 Å². The Labute approximate surface area is 117 Å². The Morgan fingerprint density at radius 3 is 2.26 bits per heavy atom. The zero-order chi connectivity index (χ0) is 14.6. The van der Waals surface area contributed by atoms with Crippen LogP contribution in [0.25, 0.3) is 0 Å². The minimum absolute atomic E-state index is 0.0576. The highest BCUT2D eigenvalue weighted by Gasteiger charge is 2.27. The van der Waals surface area contributed by atoms with Crippen molar-refractivity contribution in [1.82, 2.24) is 4.31 Å². The van der Waals surface area contributed by atoms with E-state index in [4.69, 9.17) is 16.7 Å². The lowest BCUT2D eigenvalue weighted by Crippen LogP contribution is -2.38. The molecule has 106 valence electrons. The van der Waals surface area contributed by atoms with E-state index in [9.17, 15) is 13.2 Å². The number of halogens is 1. The van der Waals surface area contributed by atoms with Crippen LogP contribution in [0.3, 0.4) is 0 Å². The quantitative estimate of drug-likeness (QED) is 0.874. The molecule has 7 heteroatoms. The number of nitrogens with zero attached hydrogens (tertiary/aromatic N) is 1. The van der Waals surface area contributed by atoms with Gasteiger partial charge < -0.3 is 5.11 Å². The lowest BCUT2D eigenvalue weighted by molar-refractivity contribution is -0.137. The van der Waals surface area contributed by atoms with Gasteiger partial charge in [0.2, 0.25) is 10.0 Å². The number of carboxylic acid groups (broad SMARTS) is 1. The van der Waals surface area contributed by atoms with E-state index in [-0.39, 0.29) is 23.9 Å². The minimum atomic E-state index is -3.70. The summed E-state index contributed by atoms with van der Waals surface area (Å²) < 4.78 is 25.9. The van der Waals surface area contributed by atoms with Gasteiger partial charge in [-0.15, -0.1) is 0 Å². The molecule has 0 saturated carbocycles.